The first-order chi connectivity index (χ1) is 25.7. The maximum absolute atomic E-state index is 14.6. The zero-order chi connectivity index (χ0) is 37.0. The van der Waals surface area contributed by atoms with Gasteiger partial charge in [-0.05, 0) is 55.0 Å². The van der Waals surface area contributed by atoms with Gasteiger partial charge in [-0.1, -0.05) is 49.6 Å². The van der Waals surface area contributed by atoms with E-state index >= 15 is 0 Å². The molecule has 15 heteroatoms. The molecule has 0 spiro atoms. The summed E-state index contributed by atoms with van der Waals surface area (Å²) >= 11 is 0. The lowest BCUT2D eigenvalue weighted by atomic mass is 9.98. The highest BCUT2D eigenvalue weighted by Gasteiger charge is 2.56. The number of aromatic nitrogens is 1. The van der Waals surface area contributed by atoms with Crippen LogP contribution < -0.4 is 5.32 Å². The van der Waals surface area contributed by atoms with Crippen molar-refractivity contribution in [2.45, 2.75) is 81.0 Å². The van der Waals surface area contributed by atoms with E-state index < -0.39 is 34.2 Å². The molecule has 2 bridgehead atoms. The number of methoxy groups -OCH3 is 1. The Kier molecular flexibility index (Phi) is 11.8. The molecule has 1 saturated carbocycles. The number of rotatable bonds is 9. The number of fused-ring (bicyclic) bond motifs is 2. The number of sulfonamides is 1. The van der Waals surface area contributed by atoms with Crippen molar-refractivity contribution in [3.05, 3.63) is 71.6 Å². The van der Waals surface area contributed by atoms with E-state index in [0.717, 1.165) is 37.7 Å². The highest BCUT2D eigenvalue weighted by atomic mass is 32.2. The smallest absolute Gasteiger partial charge is 0.407 e. The average Bonchev–Trinajstić information content (AvgIpc) is 3.88. The number of esters is 1. The molecule has 2 unspecified atom stereocenters. The van der Waals surface area contributed by atoms with Crippen LogP contribution in [0.4, 0.5) is 4.79 Å². The van der Waals surface area contributed by atoms with E-state index in [4.69, 9.17) is 28.1 Å². The lowest BCUT2D eigenvalue weighted by Crippen LogP contribution is -2.51. The largest absolute Gasteiger partial charge is 0.464 e. The summed E-state index contributed by atoms with van der Waals surface area (Å²) in [5, 5.41) is 14.8. The molecule has 1 aromatic heterocycles. The highest BCUT2D eigenvalue weighted by molar-refractivity contribution is 7.89. The second-order valence-electron chi connectivity index (χ2n) is 14.3. The molecule has 2 aromatic carbocycles. The molecule has 3 fully saturated rings. The Morgan fingerprint density at radius 1 is 1.04 bits per heavy atom. The van der Waals surface area contributed by atoms with Crippen LogP contribution in [0, 0.1) is 17.8 Å². The van der Waals surface area contributed by atoms with Crippen LogP contribution in [-0.2, 0) is 46.7 Å². The van der Waals surface area contributed by atoms with E-state index in [2.05, 4.69) is 10.3 Å². The third kappa shape index (κ3) is 8.45. The van der Waals surface area contributed by atoms with Crippen LogP contribution in [0.25, 0.3) is 11.5 Å². The fourth-order valence-electron chi connectivity index (χ4n) is 7.98. The Balaban J connectivity index is 1.14. The number of oxazole rings is 1. The topological polar surface area (TPSA) is 176 Å². The molecule has 14 nitrogen and oxygen atoms in total. The minimum Gasteiger partial charge on any atom is -0.464 e. The molecule has 1 amide bonds. The van der Waals surface area contributed by atoms with Crippen LogP contribution in [0.3, 0.4) is 0 Å². The molecule has 4 aliphatic rings. The van der Waals surface area contributed by atoms with E-state index in [-0.39, 0.29) is 72.7 Å². The molecule has 3 aromatic rings. The minimum atomic E-state index is -4.20. The summed E-state index contributed by atoms with van der Waals surface area (Å²) < 4.78 is 64.3. The number of nitrogens with one attached hydrogen (secondary N) is 1. The quantitative estimate of drug-likeness (QED) is 0.297. The minimum absolute atomic E-state index is 0.00817. The Morgan fingerprint density at radius 3 is 2.66 bits per heavy atom. The fraction of sp³-hybridized carbons (Fsp3) is 0.553. The van der Waals surface area contributed by atoms with Gasteiger partial charge in [0.05, 0.1) is 44.0 Å². The monoisotopic (exact) mass is 753 g/mol. The van der Waals surface area contributed by atoms with Crippen LogP contribution in [-0.4, -0.2) is 99.4 Å². The molecule has 7 atom stereocenters. The molecular weight excluding hydrogens is 706 g/mol. The predicted molar refractivity (Wildman–Crippen MR) is 189 cm³/mol. The van der Waals surface area contributed by atoms with Crippen molar-refractivity contribution in [3.63, 3.8) is 0 Å². The summed E-state index contributed by atoms with van der Waals surface area (Å²) in [6, 6.07) is 13.2. The number of aliphatic hydroxyl groups excluding tert-OH is 1. The summed E-state index contributed by atoms with van der Waals surface area (Å²) in [7, 11) is -2.96. The second-order valence-corrected chi connectivity index (χ2v) is 16.2. The van der Waals surface area contributed by atoms with Crippen LogP contribution >= 0.6 is 0 Å². The van der Waals surface area contributed by atoms with Gasteiger partial charge in [-0.3, -0.25) is 0 Å². The molecule has 7 rings (SSSR count). The third-order valence-electron chi connectivity index (χ3n) is 10.8. The summed E-state index contributed by atoms with van der Waals surface area (Å²) in [6.45, 7) is 1.29. The number of carbonyl (C=O) groups excluding carboxylic acids is 2. The van der Waals surface area contributed by atoms with E-state index in [0.29, 0.717) is 37.4 Å². The average molecular weight is 754 g/mol. The van der Waals surface area contributed by atoms with E-state index in [9.17, 15) is 23.1 Å². The molecule has 1 aliphatic carbocycles. The van der Waals surface area contributed by atoms with Crippen LogP contribution in [0.1, 0.15) is 60.1 Å². The van der Waals surface area contributed by atoms with Gasteiger partial charge >= 0.3 is 12.1 Å². The molecular formula is C38H47N3O11S. The van der Waals surface area contributed by atoms with Crippen molar-refractivity contribution < 1.29 is 51.2 Å². The van der Waals surface area contributed by atoms with Crippen LogP contribution in [0.2, 0.25) is 0 Å². The number of aliphatic hydroxyl groups is 1. The van der Waals surface area contributed by atoms with Crippen LogP contribution in [0.15, 0.2) is 64.1 Å². The third-order valence-corrected chi connectivity index (χ3v) is 12.7. The van der Waals surface area contributed by atoms with Gasteiger partial charge in [0.2, 0.25) is 15.9 Å². The number of alkyl carbamates (subject to hydrolysis) is 1. The zero-order valence-electron chi connectivity index (χ0n) is 29.8. The van der Waals surface area contributed by atoms with Gasteiger partial charge < -0.3 is 38.5 Å². The predicted octanol–water partition coefficient (Wildman–Crippen LogP) is 4.31. The first kappa shape index (κ1) is 37.5. The van der Waals surface area contributed by atoms with Gasteiger partial charge in [0.1, 0.15) is 12.4 Å². The van der Waals surface area contributed by atoms with Gasteiger partial charge in [-0.2, -0.15) is 4.31 Å². The Labute approximate surface area is 309 Å². The summed E-state index contributed by atoms with van der Waals surface area (Å²) in [4.78, 5) is 29.7. The number of nitrogens with zero attached hydrogens (tertiary/aromatic N) is 2. The van der Waals surface area contributed by atoms with Crippen molar-refractivity contribution in [3.8, 4) is 11.5 Å². The molecule has 2 N–H and O–H groups in total. The van der Waals surface area contributed by atoms with Gasteiger partial charge in [-0.25, -0.2) is 23.0 Å². The first-order valence-electron chi connectivity index (χ1n) is 18.4. The van der Waals surface area contributed by atoms with Gasteiger partial charge in [0, 0.05) is 43.0 Å². The summed E-state index contributed by atoms with van der Waals surface area (Å²) in [5.41, 5.74) is 1.68. The number of ether oxygens (including phenoxy) is 5. The lowest BCUT2D eigenvalue weighted by molar-refractivity contribution is -0.169. The van der Waals surface area contributed by atoms with E-state index in [1.807, 2.05) is 30.3 Å². The standard InChI is InChI=1S/C38H47N3O11S/c1-47-36(43)31-23-49-35(39-31)25-12-13-33-26(17-25)20-48-15-9-4-2-3-8-14-41(53(33,45)46)19-32(42)30(16-24-10-6-5-7-11-24)40-38(44)52-34-27-18-28-29(34)22-51-37(28)50-21-27/h5-7,10-13,17,23,27-30,32,34,37,42H,2-4,8-9,14-16,18-22H2,1H3,(H,40,44)/t27?,28?,29-,30+,32-,34+,37+/m1/s1. The van der Waals surface area contributed by atoms with Crippen molar-refractivity contribution in [2.75, 3.05) is 40.0 Å². The number of β-amino-alcohol motifs (C(OH)–C–C–N with tert-alkyl or cyclic N) is 1. The number of carbonyl (C=O) groups is 2. The number of hydrogen-bond donors (Lipinski definition) is 2. The normalized spacial score (nSPS) is 26.9. The first-order valence-corrected chi connectivity index (χ1v) is 19.8. The van der Waals surface area contributed by atoms with Crippen molar-refractivity contribution in [1.29, 1.82) is 0 Å². The summed E-state index contributed by atoms with van der Waals surface area (Å²) in [6.07, 6.45) is 3.79. The maximum Gasteiger partial charge on any atom is 0.407 e. The Bertz CT molecular complexity index is 1840. The molecule has 286 valence electrons. The molecule has 0 radical (unpaired) electrons. The van der Waals surface area contributed by atoms with Gasteiger partial charge in [-0.15, -0.1) is 0 Å². The van der Waals surface area contributed by atoms with E-state index in [1.165, 1.54) is 23.7 Å². The molecule has 2 saturated heterocycles. The Hall–Kier alpha value is -3.86. The zero-order valence-corrected chi connectivity index (χ0v) is 30.6. The van der Waals surface area contributed by atoms with Gasteiger partial charge in [0.15, 0.2) is 12.0 Å². The van der Waals surface area contributed by atoms with Crippen molar-refractivity contribution in [1.82, 2.24) is 14.6 Å². The summed E-state index contributed by atoms with van der Waals surface area (Å²) in [5.74, 6) is -0.217. The lowest BCUT2D eigenvalue weighted by Gasteiger charge is -2.31. The molecule has 53 heavy (non-hydrogen) atoms. The number of amides is 1. The van der Waals surface area contributed by atoms with Crippen molar-refractivity contribution >= 4 is 22.1 Å². The molecule has 3 aliphatic heterocycles. The van der Waals surface area contributed by atoms with E-state index in [1.54, 1.807) is 12.1 Å². The number of benzene rings is 2. The maximum atomic E-state index is 14.6. The fourth-order valence-corrected chi connectivity index (χ4v) is 9.67. The number of hydrogen-bond acceptors (Lipinski definition) is 12. The van der Waals surface area contributed by atoms with Crippen molar-refractivity contribution in [2.24, 2.45) is 17.8 Å². The Morgan fingerprint density at radius 2 is 1.83 bits per heavy atom. The molecule has 4 heterocycles. The van der Waals surface area contributed by atoms with Crippen LogP contribution in [0.5, 0.6) is 0 Å². The van der Waals surface area contributed by atoms with Gasteiger partial charge in [0.25, 0.3) is 0 Å². The SMILES string of the molecule is COC(=O)c1coc(-c2ccc3c(c2)COCCCCCCCN(C[C@@H](O)[C@H](Cc2ccccc2)NC(=O)O[C@H]2C4CO[C@H]5OC[C@@H]2C5C4)S3(=O)=O)n1. The second kappa shape index (κ2) is 16.7. The highest BCUT2D eigenvalue weighted by Crippen LogP contribution is 2.49.